The molecule has 0 amide bonds. The molecule has 0 aliphatic carbocycles. The van der Waals surface area contributed by atoms with E-state index in [1.807, 2.05) is 20.8 Å². The third-order valence-corrected chi connectivity index (χ3v) is 6.65. The first-order chi connectivity index (χ1) is 18.3. The van der Waals surface area contributed by atoms with Crippen molar-refractivity contribution in [2.24, 2.45) is 0 Å². The summed E-state index contributed by atoms with van der Waals surface area (Å²) in [6.45, 7) is 9.77. The number of aromatic nitrogens is 2. The topological polar surface area (TPSA) is 85.5 Å². The van der Waals surface area contributed by atoms with Crippen LogP contribution in [0.25, 0.3) is 10.9 Å². The molecule has 1 N–H and O–H groups in total. The Labute approximate surface area is 231 Å². The molecule has 0 atom stereocenters. The SMILES string of the molecule is C=CC(C)(C)N(C(=S)N(C)c1ccc(C#N)c(C(C)(F)F)c1)c1cc(F)c2nc(CC)nc(OCCO)c2c1. The van der Waals surface area contributed by atoms with Gasteiger partial charge in [-0.05, 0) is 56.4 Å². The van der Waals surface area contributed by atoms with E-state index in [1.54, 1.807) is 30.2 Å². The molecule has 1 heterocycles. The van der Waals surface area contributed by atoms with Gasteiger partial charge in [-0.25, -0.2) is 18.2 Å². The van der Waals surface area contributed by atoms with Crippen LogP contribution in [0.3, 0.4) is 0 Å². The zero-order valence-electron chi connectivity index (χ0n) is 22.4. The predicted molar refractivity (Wildman–Crippen MR) is 150 cm³/mol. The van der Waals surface area contributed by atoms with E-state index in [2.05, 4.69) is 16.5 Å². The molecule has 3 rings (SSSR count). The maximum absolute atomic E-state index is 15.6. The molecule has 7 nitrogen and oxygen atoms in total. The van der Waals surface area contributed by atoms with Crippen molar-refractivity contribution in [3.05, 3.63) is 65.8 Å². The lowest BCUT2D eigenvalue weighted by atomic mass is 10.0. The van der Waals surface area contributed by atoms with Crippen LogP contribution in [0.2, 0.25) is 0 Å². The van der Waals surface area contributed by atoms with Gasteiger partial charge in [0, 0.05) is 37.3 Å². The quantitative estimate of drug-likeness (QED) is 0.258. The summed E-state index contributed by atoms with van der Waals surface area (Å²) in [7, 11) is 1.59. The number of aliphatic hydroxyl groups excluding tert-OH is 1. The molecule has 0 fully saturated rings. The number of benzene rings is 2. The van der Waals surface area contributed by atoms with Crippen molar-refractivity contribution in [1.29, 1.82) is 5.26 Å². The molecule has 0 spiro atoms. The number of nitriles is 1. The highest BCUT2D eigenvalue weighted by Gasteiger charge is 2.33. The highest BCUT2D eigenvalue weighted by atomic mass is 32.1. The second-order valence-corrected chi connectivity index (χ2v) is 9.82. The van der Waals surface area contributed by atoms with E-state index in [4.69, 9.17) is 17.0 Å². The Balaban J connectivity index is 2.20. The average Bonchev–Trinajstić information content (AvgIpc) is 2.90. The van der Waals surface area contributed by atoms with E-state index < -0.39 is 22.8 Å². The molecule has 0 unspecified atom stereocenters. The average molecular weight is 558 g/mol. The van der Waals surface area contributed by atoms with E-state index in [0.717, 1.165) is 6.92 Å². The van der Waals surface area contributed by atoms with Gasteiger partial charge >= 0.3 is 0 Å². The van der Waals surface area contributed by atoms with E-state index in [0.29, 0.717) is 23.6 Å². The molecule has 206 valence electrons. The molecular formula is C28H30F3N5O2S. The first-order valence-corrected chi connectivity index (χ1v) is 12.6. The molecule has 0 aliphatic heterocycles. The summed E-state index contributed by atoms with van der Waals surface area (Å²) in [5, 5.41) is 19.0. The van der Waals surface area contributed by atoms with Gasteiger partial charge in [-0.3, -0.25) is 0 Å². The Kier molecular flexibility index (Phi) is 8.83. The van der Waals surface area contributed by atoms with Crippen LogP contribution in [-0.2, 0) is 12.3 Å². The standard InChI is InChI=1S/C28H30F3N5O2S/c1-7-23-33-24-20(25(34-23)38-12-11-37)13-19(15-22(24)29)36(27(3,4)8-2)26(39)35(6)18-10-9-17(16-32)21(14-18)28(5,30)31/h8-10,13-15,37H,2,7,11-12H2,1,3-6H3. The van der Waals surface area contributed by atoms with Crippen LogP contribution in [0.4, 0.5) is 24.5 Å². The van der Waals surface area contributed by atoms with E-state index >= 15 is 4.39 Å². The van der Waals surface area contributed by atoms with Crippen LogP contribution < -0.4 is 14.5 Å². The molecule has 0 aliphatic rings. The Morgan fingerprint density at radius 3 is 2.46 bits per heavy atom. The smallest absolute Gasteiger partial charge is 0.271 e. The number of aliphatic hydroxyl groups is 1. The lowest BCUT2D eigenvalue weighted by molar-refractivity contribution is 0.0172. The van der Waals surface area contributed by atoms with Gasteiger partial charge in [0.2, 0.25) is 5.88 Å². The monoisotopic (exact) mass is 557 g/mol. The van der Waals surface area contributed by atoms with Gasteiger partial charge in [-0.2, -0.15) is 10.2 Å². The zero-order chi connectivity index (χ0) is 29.1. The number of fused-ring (bicyclic) bond motifs is 1. The Bertz CT molecular complexity index is 1450. The fourth-order valence-corrected chi connectivity index (χ4v) is 4.42. The Hall–Kier alpha value is -3.75. The number of hydrogen-bond donors (Lipinski definition) is 1. The Morgan fingerprint density at radius 2 is 1.90 bits per heavy atom. The van der Waals surface area contributed by atoms with Crippen LogP contribution >= 0.6 is 12.2 Å². The van der Waals surface area contributed by atoms with Crippen molar-refractivity contribution in [2.75, 3.05) is 30.1 Å². The third-order valence-electron chi connectivity index (χ3n) is 6.19. The maximum atomic E-state index is 15.6. The minimum atomic E-state index is -3.26. The second-order valence-electron chi connectivity index (χ2n) is 9.46. The number of hydrogen-bond acceptors (Lipinski definition) is 6. The lowest BCUT2D eigenvalue weighted by Crippen LogP contribution is -2.52. The van der Waals surface area contributed by atoms with Crippen LogP contribution in [0.5, 0.6) is 5.88 Å². The van der Waals surface area contributed by atoms with Gasteiger partial charge in [0.15, 0.2) is 10.9 Å². The lowest BCUT2D eigenvalue weighted by Gasteiger charge is -2.41. The first kappa shape index (κ1) is 29.8. The van der Waals surface area contributed by atoms with Crippen molar-refractivity contribution in [3.8, 4) is 11.9 Å². The zero-order valence-corrected chi connectivity index (χ0v) is 23.2. The minimum absolute atomic E-state index is 0.0484. The number of alkyl halides is 2. The van der Waals surface area contributed by atoms with Crippen LogP contribution in [0.1, 0.15) is 44.6 Å². The first-order valence-electron chi connectivity index (χ1n) is 12.2. The summed E-state index contributed by atoms with van der Waals surface area (Å²) in [5.41, 5.74) is -0.768. The summed E-state index contributed by atoms with van der Waals surface area (Å²) in [5.74, 6) is -3.41. The van der Waals surface area contributed by atoms with Gasteiger partial charge in [-0.1, -0.05) is 13.0 Å². The molecule has 0 bridgehead atoms. The van der Waals surface area contributed by atoms with Gasteiger partial charge < -0.3 is 19.6 Å². The van der Waals surface area contributed by atoms with E-state index in [9.17, 15) is 19.1 Å². The minimum Gasteiger partial charge on any atom is -0.475 e. The molecule has 0 saturated heterocycles. The fraction of sp³-hybridized carbons (Fsp3) is 0.357. The summed E-state index contributed by atoms with van der Waals surface area (Å²) in [6, 6.07) is 8.74. The molecule has 3 aromatic rings. The van der Waals surface area contributed by atoms with E-state index in [-0.39, 0.29) is 40.7 Å². The van der Waals surface area contributed by atoms with Crippen molar-refractivity contribution < 1.29 is 23.0 Å². The van der Waals surface area contributed by atoms with Gasteiger partial charge in [0.05, 0.1) is 29.2 Å². The normalized spacial score (nSPS) is 11.7. The number of aryl methyl sites for hydroxylation is 1. The van der Waals surface area contributed by atoms with Crippen molar-refractivity contribution in [3.63, 3.8) is 0 Å². The molecule has 1 aromatic heterocycles. The number of rotatable bonds is 9. The third kappa shape index (κ3) is 6.13. The number of anilines is 2. The van der Waals surface area contributed by atoms with Crippen molar-refractivity contribution in [1.82, 2.24) is 9.97 Å². The maximum Gasteiger partial charge on any atom is 0.271 e. The largest absolute Gasteiger partial charge is 0.475 e. The van der Waals surface area contributed by atoms with E-state index in [1.165, 1.54) is 29.2 Å². The molecule has 11 heteroatoms. The van der Waals surface area contributed by atoms with Gasteiger partial charge in [-0.15, -0.1) is 6.58 Å². The van der Waals surface area contributed by atoms with Crippen molar-refractivity contribution in [2.45, 2.75) is 45.6 Å². The molecule has 39 heavy (non-hydrogen) atoms. The van der Waals surface area contributed by atoms with Gasteiger partial charge in [0.1, 0.15) is 17.9 Å². The van der Waals surface area contributed by atoms with Crippen LogP contribution in [0, 0.1) is 17.1 Å². The molecule has 0 radical (unpaired) electrons. The summed E-state index contributed by atoms with van der Waals surface area (Å²) < 4.78 is 49.7. The van der Waals surface area contributed by atoms with Crippen LogP contribution in [0.15, 0.2) is 43.0 Å². The van der Waals surface area contributed by atoms with Crippen molar-refractivity contribution >= 4 is 39.6 Å². The molecule has 2 aromatic carbocycles. The predicted octanol–water partition coefficient (Wildman–Crippen LogP) is 5.88. The number of nitrogens with zero attached hydrogens (tertiary/aromatic N) is 5. The second kappa shape index (κ2) is 11.6. The Morgan fingerprint density at radius 1 is 1.21 bits per heavy atom. The number of thiocarbonyl (C=S) groups is 1. The number of ether oxygens (including phenoxy) is 1. The molecule has 0 saturated carbocycles. The summed E-state index contributed by atoms with van der Waals surface area (Å²) >= 11 is 5.82. The highest BCUT2D eigenvalue weighted by Crippen LogP contribution is 2.36. The molecular weight excluding hydrogens is 527 g/mol. The van der Waals surface area contributed by atoms with Crippen LogP contribution in [-0.4, -0.2) is 46.0 Å². The van der Waals surface area contributed by atoms with Gasteiger partial charge in [0.25, 0.3) is 5.92 Å². The highest BCUT2D eigenvalue weighted by molar-refractivity contribution is 7.80. The number of halogens is 3. The summed E-state index contributed by atoms with van der Waals surface area (Å²) in [4.78, 5) is 11.8. The fourth-order valence-electron chi connectivity index (χ4n) is 3.98. The summed E-state index contributed by atoms with van der Waals surface area (Å²) in [6.07, 6.45) is 2.07.